The van der Waals surface area contributed by atoms with E-state index in [4.69, 9.17) is 15.1 Å². The van der Waals surface area contributed by atoms with E-state index in [0.717, 1.165) is 78.6 Å². The summed E-state index contributed by atoms with van der Waals surface area (Å²) in [4.78, 5) is 15.0. The van der Waals surface area contributed by atoms with Gasteiger partial charge in [0.15, 0.2) is 23.1 Å². The second-order valence-corrected chi connectivity index (χ2v) is 11.8. The van der Waals surface area contributed by atoms with Crippen LogP contribution in [0.15, 0.2) is 103 Å². The van der Waals surface area contributed by atoms with Crippen LogP contribution in [0, 0.1) is 34.6 Å². The summed E-state index contributed by atoms with van der Waals surface area (Å²) >= 11 is 0. The van der Waals surface area contributed by atoms with Crippen LogP contribution < -0.4 is 15.0 Å². The monoisotopic (exact) mass is 600 g/mol. The molecule has 0 spiro atoms. The number of aryl methyl sites for hydroxylation is 5. The highest BCUT2D eigenvalue weighted by molar-refractivity contribution is 5.96. The van der Waals surface area contributed by atoms with Crippen LogP contribution in [0.4, 0.5) is 23.0 Å². The third kappa shape index (κ3) is 4.25. The fraction of sp³-hybridized carbons (Fsp3) is 0.132. The molecule has 4 heterocycles. The first-order valence-electron chi connectivity index (χ1n) is 15.4. The Bertz CT molecular complexity index is 2250. The number of hydrogen-bond acceptors (Lipinski definition) is 7. The molecule has 8 nitrogen and oxygen atoms in total. The lowest BCUT2D eigenvalue weighted by Crippen LogP contribution is -2.24. The van der Waals surface area contributed by atoms with Gasteiger partial charge in [0, 0.05) is 10.8 Å². The lowest BCUT2D eigenvalue weighted by atomic mass is 10.1. The van der Waals surface area contributed by atoms with Crippen molar-refractivity contribution in [3.63, 3.8) is 0 Å². The Balaban J connectivity index is 1.43. The quantitative estimate of drug-likeness (QED) is 0.206. The van der Waals surface area contributed by atoms with Gasteiger partial charge in [-0.2, -0.15) is 9.61 Å². The number of para-hydroxylation sites is 4. The van der Waals surface area contributed by atoms with Crippen molar-refractivity contribution >= 4 is 45.8 Å². The zero-order valence-electron chi connectivity index (χ0n) is 26.4. The van der Waals surface area contributed by atoms with E-state index in [9.17, 15) is 0 Å². The summed E-state index contributed by atoms with van der Waals surface area (Å²) in [5, 5.41) is 14.9. The van der Waals surface area contributed by atoms with Crippen LogP contribution in [0.1, 0.15) is 27.9 Å². The minimum Gasteiger partial charge on any atom is -0.276 e. The Morgan fingerprint density at radius 3 is 1.61 bits per heavy atom. The van der Waals surface area contributed by atoms with Crippen LogP contribution in [-0.2, 0) is 0 Å². The Morgan fingerprint density at radius 1 is 0.543 bits per heavy atom. The van der Waals surface area contributed by atoms with Gasteiger partial charge >= 0.3 is 0 Å². The first-order chi connectivity index (χ1) is 22.4. The first-order valence-corrected chi connectivity index (χ1v) is 15.4. The molecule has 7 aromatic rings. The SMILES string of the molecule is Cc1cccc(C)c1N1C(=C/C=c2/c(C)nn3c(-c4ccccc4)nnc23)N(c2c(C)cccc2C)c2nc3ccccc3nc21. The van der Waals surface area contributed by atoms with Crippen molar-refractivity contribution in [3.8, 4) is 11.4 Å². The highest BCUT2D eigenvalue weighted by atomic mass is 15.5. The van der Waals surface area contributed by atoms with E-state index in [2.05, 4.69) is 96.2 Å². The van der Waals surface area contributed by atoms with Gasteiger partial charge < -0.3 is 0 Å². The Morgan fingerprint density at radius 2 is 1.07 bits per heavy atom. The molecule has 3 aromatic heterocycles. The minimum absolute atomic E-state index is 0.711. The summed E-state index contributed by atoms with van der Waals surface area (Å²) in [5.41, 5.74) is 11.0. The van der Waals surface area contributed by atoms with Gasteiger partial charge in [-0.25, -0.2) is 9.97 Å². The van der Waals surface area contributed by atoms with Crippen LogP contribution in [0.5, 0.6) is 0 Å². The molecule has 8 rings (SSSR count). The largest absolute Gasteiger partial charge is 0.276 e. The van der Waals surface area contributed by atoms with Crippen LogP contribution in [0.25, 0.3) is 34.1 Å². The van der Waals surface area contributed by atoms with E-state index in [1.165, 1.54) is 0 Å². The average Bonchev–Trinajstić information content (AvgIpc) is 3.69. The van der Waals surface area contributed by atoms with E-state index >= 15 is 0 Å². The molecular formula is C38H32N8. The maximum absolute atomic E-state index is 5.26. The molecule has 0 bridgehead atoms. The van der Waals surface area contributed by atoms with Crippen molar-refractivity contribution < 1.29 is 0 Å². The normalized spacial score (nSPS) is 13.3. The summed E-state index contributed by atoms with van der Waals surface area (Å²) in [5.74, 6) is 3.21. The topological polar surface area (TPSA) is 75.3 Å². The van der Waals surface area contributed by atoms with Gasteiger partial charge in [0.2, 0.25) is 0 Å². The summed E-state index contributed by atoms with van der Waals surface area (Å²) < 4.78 is 1.83. The summed E-state index contributed by atoms with van der Waals surface area (Å²) in [6.45, 7) is 10.6. The fourth-order valence-corrected chi connectivity index (χ4v) is 6.53. The van der Waals surface area contributed by atoms with Crippen LogP contribution in [0.2, 0.25) is 0 Å². The number of nitrogens with zero attached hydrogens (tertiary/aromatic N) is 8. The molecule has 0 unspecified atom stereocenters. The summed E-state index contributed by atoms with van der Waals surface area (Å²) in [6.07, 6.45) is 4.25. The first kappa shape index (κ1) is 27.6. The second-order valence-electron chi connectivity index (χ2n) is 11.8. The van der Waals surface area contributed by atoms with Crippen molar-refractivity contribution in [2.75, 3.05) is 9.80 Å². The number of aromatic nitrogens is 6. The molecule has 1 aliphatic rings. The predicted molar refractivity (Wildman–Crippen MR) is 184 cm³/mol. The van der Waals surface area contributed by atoms with Gasteiger partial charge in [-0.1, -0.05) is 78.9 Å². The van der Waals surface area contributed by atoms with E-state index in [1.54, 1.807) is 0 Å². The van der Waals surface area contributed by atoms with Gasteiger partial charge in [0.05, 0.1) is 28.1 Å². The second kappa shape index (κ2) is 10.6. The number of rotatable bonds is 4. The number of hydrogen-bond donors (Lipinski definition) is 0. The summed E-state index contributed by atoms with van der Waals surface area (Å²) in [7, 11) is 0. The number of fused-ring (bicyclic) bond motifs is 3. The average molecular weight is 601 g/mol. The molecule has 0 saturated heterocycles. The molecule has 0 saturated carbocycles. The van der Waals surface area contributed by atoms with Crippen molar-refractivity contribution in [2.24, 2.45) is 0 Å². The predicted octanol–water partition coefficient (Wildman–Crippen LogP) is 7.61. The van der Waals surface area contributed by atoms with E-state index < -0.39 is 0 Å². The Hall–Kier alpha value is -5.89. The maximum atomic E-state index is 5.26. The van der Waals surface area contributed by atoms with Crippen LogP contribution in [-0.4, -0.2) is 29.8 Å². The highest BCUT2D eigenvalue weighted by Crippen LogP contribution is 2.51. The van der Waals surface area contributed by atoms with E-state index in [0.29, 0.717) is 11.5 Å². The van der Waals surface area contributed by atoms with Crippen LogP contribution >= 0.6 is 0 Å². The van der Waals surface area contributed by atoms with Crippen molar-refractivity contribution in [1.82, 2.24) is 29.8 Å². The zero-order valence-corrected chi connectivity index (χ0v) is 26.4. The molecule has 0 N–H and O–H groups in total. The third-order valence-electron chi connectivity index (χ3n) is 8.69. The molecule has 0 fully saturated rings. The van der Waals surface area contributed by atoms with Crippen molar-refractivity contribution in [1.29, 1.82) is 0 Å². The molecule has 0 aliphatic carbocycles. The molecular weight excluding hydrogens is 568 g/mol. The third-order valence-corrected chi connectivity index (χ3v) is 8.69. The molecule has 0 atom stereocenters. The zero-order chi connectivity index (χ0) is 31.5. The van der Waals surface area contributed by atoms with Gasteiger partial charge in [0.25, 0.3) is 0 Å². The standard InChI is InChI=1S/C38H32N8/c1-23-13-11-14-24(2)33(23)44-32(22-21-29-27(5)43-46-35(41-42-36(29)46)28-17-7-6-8-18-28)45(34-25(3)15-12-16-26(34)4)38-37(44)39-30-19-9-10-20-31(30)40-38/h6-22H,1-5H3/b29-21-. The smallest absolute Gasteiger partial charge is 0.187 e. The minimum atomic E-state index is 0.711. The molecule has 46 heavy (non-hydrogen) atoms. The van der Waals surface area contributed by atoms with Gasteiger partial charge in [-0.05, 0) is 81.2 Å². The Kier molecular flexibility index (Phi) is 6.39. The lowest BCUT2D eigenvalue weighted by molar-refractivity contribution is 0.937. The maximum Gasteiger partial charge on any atom is 0.187 e. The number of anilines is 4. The van der Waals surface area contributed by atoms with Crippen molar-refractivity contribution in [3.05, 3.63) is 136 Å². The van der Waals surface area contributed by atoms with Gasteiger partial charge in [0.1, 0.15) is 5.82 Å². The summed E-state index contributed by atoms with van der Waals surface area (Å²) in [6, 6.07) is 30.9. The molecule has 224 valence electrons. The fourth-order valence-electron chi connectivity index (χ4n) is 6.53. The number of allylic oxidation sites excluding steroid dienone is 1. The van der Waals surface area contributed by atoms with E-state index in [1.807, 2.05) is 66.0 Å². The lowest BCUT2D eigenvalue weighted by Gasteiger charge is -2.28. The Labute approximate surface area is 267 Å². The molecule has 1 aliphatic heterocycles. The highest BCUT2D eigenvalue weighted by Gasteiger charge is 2.39. The molecule has 4 aromatic carbocycles. The van der Waals surface area contributed by atoms with Crippen molar-refractivity contribution in [2.45, 2.75) is 34.6 Å². The van der Waals surface area contributed by atoms with Crippen LogP contribution in [0.3, 0.4) is 0 Å². The number of benzene rings is 4. The molecule has 8 heteroatoms. The van der Waals surface area contributed by atoms with E-state index in [-0.39, 0.29) is 0 Å². The molecule has 0 radical (unpaired) electrons. The molecule has 0 amide bonds. The van der Waals surface area contributed by atoms with Gasteiger partial charge in [-0.15, -0.1) is 10.2 Å². The van der Waals surface area contributed by atoms with Gasteiger partial charge in [-0.3, -0.25) is 9.80 Å².